The van der Waals surface area contributed by atoms with Crippen LogP contribution in [-0.2, 0) is 16.6 Å². The Kier molecular flexibility index (Phi) is 7.14. The average molecular weight is 422 g/mol. The van der Waals surface area contributed by atoms with Crippen molar-refractivity contribution in [3.8, 4) is 0 Å². The van der Waals surface area contributed by atoms with Gasteiger partial charge in [0.25, 0.3) is 5.91 Å². The van der Waals surface area contributed by atoms with E-state index < -0.39 is 0 Å². The minimum Gasteiger partial charge on any atom is -0.356 e. The Balaban J connectivity index is 1.49. The molecule has 1 aromatic heterocycles. The molecule has 1 aromatic carbocycles. The predicted octanol–water partition coefficient (Wildman–Crippen LogP) is 4.21. The van der Waals surface area contributed by atoms with Gasteiger partial charge in [0.1, 0.15) is 0 Å². The lowest BCUT2D eigenvalue weighted by Crippen LogP contribution is -2.43. The van der Waals surface area contributed by atoms with Crippen LogP contribution < -0.4 is 5.32 Å². The molecule has 1 N–H and O–H groups in total. The Morgan fingerprint density at radius 2 is 1.77 bits per heavy atom. The van der Waals surface area contributed by atoms with E-state index in [1.807, 2.05) is 4.90 Å². The molecule has 2 heterocycles. The number of hydrogen-bond donors (Lipinski definition) is 1. The van der Waals surface area contributed by atoms with Crippen molar-refractivity contribution in [1.82, 2.24) is 15.2 Å². The lowest BCUT2D eigenvalue weighted by molar-refractivity contribution is -0.126. The number of piperidine rings is 1. The van der Waals surface area contributed by atoms with Crippen LogP contribution in [0.3, 0.4) is 0 Å². The molecule has 0 spiro atoms. The monoisotopic (exact) mass is 421 g/mol. The minimum absolute atomic E-state index is 0.00314. The van der Waals surface area contributed by atoms with E-state index >= 15 is 0 Å². The van der Waals surface area contributed by atoms with Crippen LogP contribution in [0.15, 0.2) is 36.7 Å². The van der Waals surface area contributed by atoms with Gasteiger partial charge in [-0.05, 0) is 72.9 Å². The largest absolute Gasteiger partial charge is 0.356 e. The van der Waals surface area contributed by atoms with Crippen molar-refractivity contribution in [2.45, 2.75) is 59.3 Å². The van der Waals surface area contributed by atoms with Crippen molar-refractivity contribution < 1.29 is 9.59 Å². The molecule has 2 amide bonds. The van der Waals surface area contributed by atoms with Crippen molar-refractivity contribution in [3.05, 3.63) is 64.5 Å². The first kappa shape index (κ1) is 23.0. The third-order valence-electron chi connectivity index (χ3n) is 6.30. The maximum Gasteiger partial charge on any atom is 0.255 e. The molecule has 2 aromatic rings. The van der Waals surface area contributed by atoms with Crippen LogP contribution in [0.4, 0.5) is 0 Å². The highest BCUT2D eigenvalue weighted by Gasteiger charge is 2.27. The first-order valence-electron chi connectivity index (χ1n) is 11.2. The summed E-state index contributed by atoms with van der Waals surface area (Å²) in [5.74, 6) is 0.0788. The van der Waals surface area contributed by atoms with E-state index in [1.165, 1.54) is 22.3 Å². The van der Waals surface area contributed by atoms with E-state index in [0.29, 0.717) is 38.0 Å². The normalized spacial score (nSPS) is 15.1. The predicted molar refractivity (Wildman–Crippen MR) is 124 cm³/mol. The molecule has 0 unspecified atom stereocenters. The van der Waals surface area contributed by atoms with E-state index in [-0.39, 0.29) is 23.1 Å². The number of benzene rings is 1. The van der Waals surface area contributed by atoms with Gasteiger partial charge >= 0.3 is 0 Å². The summed E-state index contributed by atoms with van der Waals surface area (Å²) in [5.41, 5.74) is 6.00. The summed E-state index contributed by atoms with van der Waals surface area (Å²) >= 11 is 0. The summed E-state index contributed by atoms with van der Waals surface area (Å²) in [7, 11) is 0. The van der Waals surface area contributed by atoms with Crippen LogP contribution in [0.1, 0.15) is 66.2 Å². The van der Waals surface area contributed by atoms with E-state index in [0.717, 1.165) is 6.42 Å². The second kappa shape index (κ2) is 9.63. The number of aryl methyl sites for hydroxylation is 2. The molecule has 0 radical (unpaired) electrons. The van der Waals surface area contributed by atoms with E-state index in [4.69, 9.17) is 0 Å². The first-order chi connectivity index (χ1) is 14.7. The van der Waals surface area contributed by atoms with Gasteiger partial charge < -0.3 is 10.2 Å². The molecule has 31 heavy (non-hydrogen) atoms. The zero-order valence-electron chi connectivity index (χ0n) is 19.5. The second-order valence-electron chi connectivity index (χ2n) is 9.69. The Morgan fingerprint density at radius 3 is 2.32 bits per heavy atom. The van der Waals surface area contributed by atoms with Crippen LogP contribution in [0.2, 0.25) is 0 Å². The third kappa shape index (κ3) is 5.72. The maximum atomic E-state index is 12.7. The fourth-order valence-electron chi connectivity index (χ4n) is 4.29. The number of carbonyl (C=O) groups excluding carboxylic acids is 2. The Labute approximate surface area is 186 Å². The smallest absolute Gasteiger partial charge is 0.255 e. The number of amides is 2. The van der Waals surface area contributed by atoms with E-state index in [9.17, 15) is 9.59 Å². The fourth-order valence-corrected chi connectivity index (χ4v) is 4.29. The zero-order valence-corrected chi connectivity index (χ0v) is 19.5. The molecule has 0 aliphatic carbocycles. The van der Waals surface area contributed by atoms with Crippen LogP contribution in [-0.4, -0.2) is 41.3 Å². The first-order valence-corrected chi connectivity index (χ1v) is 11.2. The lowest BCUT2D eigenvalue weighted by Gasteiger charge is -2.31. The summed E-state index contributed by atoms with van der Waals surface area (Å²) in [6.45, 7) is 12.9. The van der Waals surface area contributed by atoms with Gasteiger partial charge in [0.15, 0.2) is 0 Å². The molecule has 0 bridgehead atoms. The Hall–Kier alpha value is -2.69. The molecule has 166 valence electrons. The quantitative estimate of drug-likeness (QED) is 0.787. The highest BCUT2D eigenvalue weighted by Crippen LogP contribution is 2.27. The number of likely N-dealkylation sites (tertiary alicyclic amines) is 1. The van der Waals surface area contributed by atoms with Crippen LogP contribution in [0, 0.1) is 19.8 Å². The van der Waals surface area contributed by atoms with E-state index in [1.54, 1.807) is 24.5 Å². The third-order valence-corrected chi connectivity index (χ3v) is 6.30. The summed E-state index contributed by atoms with van der Waals surface area (Å²) in [5, 5.41) is 3.12. The average Bonchev–Trinajstić information content (AvgIpc) is 2.75. The number of nitrogens with zero attached hydrogens (tertiary/aromatic N) is 2. The topological polar surface area (TPSA) is 62.3 Å². The van der Waals surface area contributed by atoms with Gasteiger partial charge in [-0.1, -0.05) is 32.9 Å². The number of aromatic nitrogens is 1. The van der Waals surface area contributed by atoms with Crippen LogP contribution in [0.25, 0.3) is 0 Å². The molecule has 5 heteroatoms. The standard InChI is InChI=1S/C26H35N3O2/c1-18-15-22(26(3,4)5)16-19(2)23(18)8-12-28-24(30)20-9-13-29(14-10-20)25(31)21-7-6-11-27-17-21/h6-7,11,15-17,20H,8-10,12-14H2,1-5H3,(H,28,30). The molecule has 3 rings (SSSR count). The van der Waals surface area contributed by atoms with E-state index in [2.05, 4.69) is 57.1 Å². The van der Waals surface area contributed by atoms with Gasteiger partial charge in [-0.3, -0.25) is 14.6 Å². The molecular weight excluding hydrogens is 386 g/mol. The van der Waals surface area contributed by atoms with Crippen molar-refractivity contribution in [2.75, 3.05) is 19.6 Å². The second-order valence-corrected chi connectivity index (χ2v) is 9.69. The van der Waals surface area contributed by atoms with Crippen molar-refractivity contribution >= 4 is 11.8 Å². The van der Waals surface area contributed by atoms with Gasteiger partial charge in [-0.25, -0.2) is 0 Å². The van der Waals surface area contributed by atoms with Crippen LogP contribution >= 0.6 is 0 Å². The molecule has 1 aliphatic heterocycles. The lowest BCUT2D eigenvalue weighted by atomic mass is 9.83. The van der Waals surface area contributed by atoms with Crippen molar-refractivity contribution in [3.63, 3.8) is 0 Å². The molecule has 5 nitrogen and oxygen atoms in total. The molecule has 1 saturated heterocycles. The summed E-state index contributed by atoms with van der Waals surface area (Å²) in [6.07, 6.45) is 5.51. The minimum atomic E-state index is -0.0246. The highest BCUT2D eigenvalue weighted by atomic mass is 16.2. The maximum absolute atomic E-state index is 12.7. The number of carbonyl (C=O) groups is 2. The van der Waals surface area contributed by atoms with Crippen LogP contribution in [0.5, 0.6) is 0 Å². The zero-order chi connectivity index (χ0) is 22.6. The van der Waals surface area contributed by atoms with Gasteiger partial charge in [0.2, 0.25) is 5.91 Å². The van der Waals surface area contributed by atoms with Gasteiger partial charge in [0.05, 0.1) is 5.56 Å². The van der Waals surface area contributed by atoms with Gasteiger partial charge in [0, 0.05) is 37.9 Å². The highest BCUT2D eigenvalue weighted by molar-refractivity contribution is 5.94. The summed E-state index contributed by atoms with van der Waals surface area (Å²) < 4.78 is 0. The SMILES string of the molecule is Cc1cc(C(C)(C)C)cc(C)c1CCNC(=O)C1CCN(C(=O)c2cccnc2)CC1. The van der Waals surface area contributed by atoms with Gasteiger partial charge in [-0.15, -0.1) is 0 Å². The Bertz CT molecular complexity index is 900. The van der Waals surface area contributed by atoms with Gasteiger partial charge in [-0.2, -0.15) is 0 Å². The molecular formula is C26H35N3O2. The number of nitrogens with one attached hydrogen (secondary N) is 1. The number of rotatable bonds is 5. The van der Waals surface area contributed by atoms with Crippen molar-refractivity contribution in [2.24, 2.45) is 5.92 Å². The number of pyridine rings is 1. The summed E-state index contributed by atoms with van der Waals surface area (Å²) in [4.78, 5) is 31.0. The molecule has 1 aliphatic rings. The fraction of sp³-hybridized carbons (Fsp3) is 0.500. The summed E-state index contributed by atoms with van der Waals surface area (Å²) in [6, 6.07) is 8.11. The number of hydrogen-bond acceptors (Lipinski definition) is 3. The molecule has 1 fully saturated rings. The molecule has 0 saturated carbocycles. The van der Waals surface area contributed by atoms with Crippen molar-refractivity contribution in [1.29, 1.82) is 0 Å². The Morgan fingerprint density at radius 1 is 1.13 bits per heavy atom. The molecule has 0 atom stereocenters.